The molecule has 53 heavy (non-hydrogen) atoms. The van der Waals surface area contributed by atoms with Gasteiger partial charge < -0.3 is 4.90 Å². The second-order valence-electron chi connectivity index (χ2n) is 13.6. The second-order valence-corrected chi connectivity index (χ2v) is 18.3. The first-order valence-corrected chi connectivity index (χ1v) is 20.7. The molecule has 0 aliphatic carbocycles. The van der Waals surface area contributed by atoms with E-state index in [1.807, 2.05) is 72.0 Å². The molecule has 0 saturated carbocycles. The molecule has 0 spiro atoms. The van der Waals surface area contributed by atoms with Crippen molar-refractivity contribution < 1.29 is 4.39 Å². The van der Waals surface area contributed by atoms with Crippen molar-refractivity contribution in [1.29, 1.82) is 0 Å². The van der Waals surface area contributed by atoms with Gasteiger partial charge >= 0.3 is 0 Å². The lowest BCUT2D eigenvalue weighted by molar-refractivity contribution is 0.402. The molecule has 2 nitrogen and oxygen atoms in total. The van der Waals surface area contributed by atoms with E-state index in [1.165, 1.54) is 40.9 Å². The van der Waals surface area contributed by atoms with Gasteiger partial charge in [-0.15, -0.1) is 11.3 Å². The average Bonchev–Trinajstić information content (AvgIpc) is 3.62. The predicted molar refractivity (Wildman–Crippen MR) is 224 cm³/mol. The van der Waals surface area contributed by atoms with E-state index in [4.69, 9.17) is 0 Å². The summed E-state index contributed by atoms with van der Waals surface area (Å²) >= 11 is 1.86. The van der Waals surface area contributed by atoms with E-state index >= 15 is 4.39 Å². The Morgan fingerprint density at radius 2 is 1.23 bits per heavy atom. The van der Waals surface area contributed by atoms with Crippen LogP contribution in [-0.4, -0.2) is 13.1 Å². The highest BCUT2D eigenvalue weighted by Gasteiger charge is 2.50. The molecule has 0 saturated heterocycles. The van der Waals surface area contributed by atoms with Crippen LogP contribution in [0.5, 0.6) is 0 Å². The summed E-state index contributed by atoms with van der Waals surface area (Å²) < 4.78 is 19.3. The van der Waals surface area contributed by atoms with Gasteiger partial charge in [0, 0.05) is 49.0 Å². The standard InChI is InChI=1S/C48H33FN2SSi/c49-47(34-16-13-15-33(31-34)40-24-11-12-30-50-40)35-17-14-18-36(32-35)51-41-25-8-10-27-45(41)53(37-19-3-1-4-20-37,38-21-5-2-6-22-38)48-42(51)28-29-44-46(48)39-23-7-9-26-43(39)52-44/h1-32,47H. The van der Waals surface area contributed by atoms with Gasteiger partial charge in [-0.1, -0.05) is 133 Å². The molecule has 1 atom stereocenters. The number of hydrogen-bond donors (Lipinski definition) is 0. The zero-order chi connectivity index (χ0) is 35.4. The number of hydrogen-bond acceptors (Lipinski definition) is 3. The molecule has 2 aromatic heterocycles. The summed E-state index contributed by atoms with van der Waals surface area (Å²) in [6, 6.07) is 66.2. The molecular formula is C48H33FN2SSi. The maximum Gasteiger partial charge on any atom is 0.184 e. The molecule has 0 N–H and O–H groups in total. The van der Waals surface area contributed by atoms with Gasteiger partial charge in [-0.2, -0.15) is 0 Å². The maximum absolute atomic E-state index is 16.8. The zero-order valence-corrected chi connectivity index (χ0v) is 30.5. The van der Waals surface area contributed by atoms with Crippen LogP contribution in [-0.2, 0) is 0 Å². The fourth-order valence-corrected chi connectivity index (χ4v) is 15.0. The van der Waals surface area contributed by atoms with Gasteiger partial charge in [-0.25, -0.2) is 4.39 Å². The van der Waals surface area contributed by atoms with Crippen LogP contribution in [0.25, 0.3) is 31.4 Å². The Labute approximate surface area is 313 Å². The van der Waals surface area contributed by atoms with Crippen LogP contribution in [0.4, 0.5) is 21.5 Å². The lowest BCUT2D eigenvalue weighted by atomic mass is 9.99. The summed E-state index contributed by atoms with van der Waals surface area (Å²) in [7, 11) is -2.94. The number of halogens is 1. The third-order valence-corrected chi connectivity index (χ3v) is 16.7. The molecule has 0 amide bonds. The number of nitrogens with zero attached hydrogens (tertiary/aromatic N) is 2. The van der Waals surface area contributed by atoms with E-state index in [2.05, 4.69) is 137 Å². The van der Waals surface area contributed by atoms with Gasteiger partial charge in [0.05, 0.1) is 5.69 Å². The van der Waals surface area contributed by atoms with Gasteiger partial charge in [0.2, 0.25) is 0 Å². The van der Waals surface area contributed by atoms with Gasteiger partial charge in [0.15, 0.2) is 14.2 Å². The normalized spacial score (nSPS) is 13.8. The highest BCUT2D eigenvalue weighted by atomic mass is 32.1. The van der Waals surface area contributed by atoms with Crippen molar-refractivity contribution in [3.8, 4) is 11.3 Å². The minimum atomic E-state index is -2.94. The molecule has 10 rings (SSSR count). The fourth-order valence-electron chi connectivity index (χ4n) is 8.45. The third kappa shape index (κ3) is 5.00. The zero-order valence-electron chi connectivity index (χ0n) is 28.7. The second kappa shape index (κ2) is 12.8. The summed E-state index contributed by atoms with van der Waals surface area (Å²) in [6.45, 7) is 0. The molecule has 1 unspecified atom stereocenters. The summed E-state index contributed by atoms with van der Waals surface area (Å²) in [5.41, 5.74) is 6.15. The number of aromatic nitrogens is 1. The first-order valence-electron chi connectivity index (χ1n) is 17.9. The predicted octanol–water partition coefficient (Wildman–Crippen LogP) is 10.3. The van der Waals surface area contributed by atoms with E-state index in [0.717, 1.165) is 28.3 Å². The van der Waals surface area contributed by atoms with Gasteiger partial charge in [-0.05, 0) is 86.5 Å². The Morgan fingerprint density at radius 3 is 2.00 bits per heavy atom. The largest absolute Gasteiger partial charge is 0.311 e. The van der Waals surface area contributed by atoms with E-state index in [1.54, 1.807) is 6.20 Å². The van der Waals surface area contributed by atoms with Crippen LogP contribution in [0.15, 0.2) is 194 Å². The summed E-state index contributed by atoms with van der Waals surface area (Å²) in [4.78, 5) is 6.89. The number of alkyl halides is 1. The molecule has 0 fully saturated rings. The van der Waals surface area contributed by atoms with Crippen molar-refractivity contribution >= 4 is 77.4 Å². The highest BCUT2D eigenvalue weighted by molar-refractivity contribution is 7.28. The number of fused-ring (bicyclic) bond motifs is 6. The van der Waals surface area contributed by atoms with Crippen molar-refractivity contribution in [3.63, 3.8) is 0 Å². The van der Waals surface area contributed by atoms with Crippen LogP contribution in [0.2, 0.25) is 0 Å². The maximum atomic E-state index is 16.8. The van der Waals surface area contributed by atoms with Crippen LogP contribution in [0.1, 0.15) is 17.3 Å². The van der Waals surface area contributed by atoms with E-state index in [9.17, 15) is 0 Å². The van der Waals surface area contributed by atoms with Gasteiger partial charge in [0.1, 0.15) is 0 Å². The van der Waals surface area contributed by atoms with Crippen LogP contribution in [0, 0.1) is 0 Å². The van der Waals surface area contributed by atoms with E-state index in [-0.39, 0.29) is 0 Å². The fraction of sp³-hybridized carbons (Fsp3) is 0.0208. The van der Waals surface area contributed by atoms with Crippen molar-refractivity contribution in [3.05, 3.63) is 205 Å². The molecule has 1 aliphatic heterocycles. The van der Waals surface area contributed by atoms with Crippen molar-refractivity contribution in [2.24, 2.45) is 0 Å². The molecule has 0 bridgehead atoms. The SMILES string of the molecule is FC(c1cccc(-c2ccccn2)c1)c1cccc(N2c3ccccc3[Si](c3ccccc3)(c3ccccc3)c3c2ccc2sc4ccccc4c32)c1. The molecule has 0 radical (unpaired) electrons. The molecule has 252 valence electrons. The number of rotatable bonds is 6. The number of para-hydroxylation sites is 1. The number of thiophene rings is 1. The van der Waals surface area contributed by atoms with Crippen molar-refractivity contribution in [2.45, 2.75) is 6.17 Å². The van der Waals surface area contributed by atoms with Crippen molar-refractivity contribution in [2.75, 3.05) is 4.90 Å². The first kappa shape index (κ1) is 31.6. The Hall–Kier alpha value is -6.14. The molecule has 9 aromatic rings. The summed E-state index contributed by atoms with van der Waals surface area (Å²) in [5, 5.41) is 7.96. The van der Waals surface area contributed by atoms with Gasteiger partial charge in [-0.3, -0.25) is 4.98 Å². The van der Waals surface area contributed by atoms with Crippen LogP contribution < -0.4 is 25.6 Å². The Morgan fingerprint density at radius 1 is 0.547 bits per heavy atom. The number of anilines is 3. The number of benzene rings is 7. The molecule has 1 aliphatic rings. The monoisotopic (exact) mass is 716 g/mol. The highest BCUT2D eigenvalue weighted by Crippen LogP contribution is 2.44. The lowest BCUT2D eigenvalue weighted by Crippen LogP contribution is -2.77. The summed E-state index contributed by atoms with van der Waals surface area (Å²) in [6.07, 6.45) is 0.454. The quantitative estimate of drug-likeness (QED) is 0.159. The summed E-state index contributed by atoms with van der Waals surface area (Å²) in [5.74, 6) is 0. The average molecular weight is 717 g/mol. The van der Waals surface area contributed by atoms with E-state index < -0.39 is 14.2 Å². The molecular weight excluding hydrogens is 684 g/mol. The van der Waals surface area contributed by atoms with Crippen LogP contribution >= 0.6 is 11.3 Å². The lowest BCUT2D eigenvalue weighted by Gasteiger charge is -2.45. The van der Waals surface area contributed by atoms with Gasteiger partial charge in [0.25, 0.3) is 0 Å². The smallest absolute Gasteiger partial charge is 0.184 e. The number of pyridine rings is 1. The van der Waals surface area contributed by atoms with Crippen LogP contribution in [0.3, 0.4) is 0 Å². The van der Waals surface area contributed by atoms with Crippen molar-refractivity contribution in [1.82, 2.24) is 4.98 Å². The Balaban J connectivity index is 1.24. The molecule has 3 heterocycles. The molecule has 7 aromatic carbocycles. The molecule has 5 heteroatoms. The van der Waals surface area contributed by atoms with E-state index in [0.29, 0.717) is 11.1 Å². The third-order valence-electron chi connectivity index (χ3n) is 10.7. The topological polar surface area (TPSA) is 16.1 Å². The first-order chi connectivity index (χ1) is 26.2. The minimum Gasteiger partial charge on any atom is -0.311 e. The Kier molecular flexibility index (Phi) is 7.64. The minimum absolute atomic E-state index is 0.607. The Bertz CT molecular complexity index is 2730.